The first-order chi connectivity index (χ1) is 7.24. The summed E-state index contributed by atoms with van der Waals surface area (Å²) in [7, 11) is 0. The van der Waals surface area contributed by atoms with Crippen LogP contribution in [0.15, 0.2) is 24.3 Å². The van der Waals surface area contributed by atoms with Crippen molar-refractivity contribution >= 4 is 24.2 Å². The number of nitrogens with zero attached hydrogens (tertiary/aromatic N) is 1. The fourth-order valence-electron chi connectivity index (χ4n) is 1.85. The Morgan fingerprint density at radius 2 is 2.27 bits per heavy atom. The molecule has 0 spiro atoms. The van der Waals surface area contributed by atoms with Gasteiger partial charge >= 0.3 is 0 Å². The van der Waals surface area contributed by atoms with E-state index in [9.17, 15) is 4.79 Å². The molecular weight excluding hydrogens is 208 g/mol. The molecule has 2 N–H and O–H groups in total. The number of carbonyl (C=O) groups is 1. The zero-order valence-corrected chi connectivity index (χ0v) is 9.28. The molecule has 0 bridgehead atoms. The highest BCUT2D eigenvalue weighted by molar-refractivity contribution is 7.80. The van der Waals surface area contributed by atoms with Crippen molar-refractivity contribution in [3.63, 3.8) is 0 Å². The number of benzene rings is 1. The topological polar surface area (TPSA) is 46.3 Å². The van der Waals surface area contributed by atoms with Gasteiger partial charge in [0.1, 0.15) is 0 Å². The number of rotatable bonds is 2. The number of nitrogens with two attached hydrogens (primary N) is 1. The number of para-hydroxylation sites is 1. The fraction of sp³-hybridized carbons (Fsp3) is 0.364. The summed E-state index contributed by atoms with van der Waals surface area (Å²) in [6, 6.07) is 7.45. The van der Waals surface area contributed by atoms with Crippen LogP contribution in [0.5, 0.6) is 0 Å². The minimum Gasteiger partial charge on any atom is -0.319 e. The summed E-state index contributed by atoms with van der Waals surface area (Å²) < 4.78 is 0. The molecule has 4 heteroatoms. The lowest BCUT2D eigenvalue weighted by Gasteiger charge is -2.20. The van der Waals surface area contributed by atoms with Crippen LogP contribution in [0.4, 0.5) is 5.69 Å². The van der Waals surface area contributed by atoms with Crippen LogP contribution in [0, 0.1) is 0 Å². The van der Waals surface area contributed by atoms with Gasteiger partial charge in [0.15, 0.2) is 0 Å². The third kappa shape index (κ3) is 1.87. The van der Waals surface area contributed by atoms with Gasteiger partial charge in [-0.25, -0.2) is 0 Å². The van der Waals surface area contributed by atoms with Crippen molar-refractivity contribution in [3.05, 3.63) is 29.8 Å². The maximum atomic E-state index is 11.9. The smallest absolute Gasteiger partial charge is 0.244 e. The van der Waals surface area contributed by atoms with Gasteiger partial charge in [0.2, 0.25) is 5.91 Å². The quantitative estimate of drug-likeness (QED) is 0.728. The number of hydrogen-bond donors (Lipinski definition) is 2. The van der Waals surface area contributed by atoms with Gasteiger partial charge in [0.05, 0.1) is 6.04 Å². The molecular formula is C11H14N2OS. The number of thiol groups is 1. The van der Waals surface area contributed by atoms with Gasteiger partial charge in [0.25, 0.3) is 0 Å². The van der Waals surface area contributed by atoms with Crippen molar-refractivity contribution in [1.82, 2.24) is 0 Å². The highest BCUT2D eigenvalue weighted by Gasteiger charge is 2.27. The lowest BCUT2D eigenvalue weighted by atomic mass is 10.2. The molecule has 1 atom stereocenters. The van der Waals surface area contributed by atoms with Crippen LogP contribution in [0.2, 0.25) is 0 Å². The molecule has 0 aromatic heterocycles. The molecule has 0 radical (unpaired) electrons. The second-order valence-corrected chi connectivity index (χ2v) is 4.02. The van der Waals surface area contributed by atoms with E-state index in [1.165, 1.54) is 5.56 Å². The molecule has 1 aromatic carbocycles. The van der Waals surface area contributed by atoms with Crippen LogP contribution in [0.25, 0.3) is 0 Å². The standard InChI is InChI=1S/C11H14N2OS/c12-9(7-15)11(14)13-6-5-8-3-1-2-4-10(8)13/h1-4,9,15H,5-7,12H2. The number of hydrogen-bond acceptors (Lipinski definition) is 3. The molecule has 1 aromatic rings. The largest absolute Gasteiger partial charge is 0.319 e. The normalized spacial score (nSPS) is 16.3. The summed E-state index contributed by atoms with van der Waals surface area (Å²) in [5, 5.41) is 0. The minimum atomic E-state index is -0.500. The molecule has 0 aliphatic carbocycles. The third-order valence-corrected chi connectivity index (χ3v) is 3.06. The van der Waals surface area contributed by atoms with Crippen LogP contribution in [0.1, 0.15) is 5.56 Å². The lowest BCUT2D eigenvalue weighted by molar-refractivity contribution is -0.119. The Balaban J connectivity index is 2.24. The number of carbonyl (C=O) groups excluding carboxylic acids is 1. The second-order valence-electron chi connectivity index (χ2n) is 3.66. The summed E-state index contributed by atoms with van der Waals surface area (Å²) in [5.41, 5.74) is 7.91. The van der Waals surface area contributed by atoms with E-state index in [1.807, 2.05) is 18.2 Å². The van der Waals surface area contributed by atoms with E-state index < -0.39 is 6.04 Å². The fourth-order valence-corrected chi connectivity index (χ4v) is 2.00. The third-order valence-electron chi connectivity index (χ3n) is 2.67. The van der Waals surface area contributed by atoms with Gasteiger partial charge in [-0.15, -0.1) is 0 Å². The molecule has 1 heterocycles. The van der Waals surface area contributed by atoms with E-state index in [2.05, 4.69) is 18.7 Å². The van der Waals surface area contributed by atoms with E-state index in [1.54, 1.807) is 4.90 Å². The zero-order valence-electron chi connectivity index (χ0n) is 8.39. The Morgan fingerprint density at radius 3 is 3.00 bits per heavy atom. The number of amides is 1. The van der Waals surface area contributed by atoms with Gasteiger partial charge in [-0.05, 0) is 18.1 Å². The molecule has 0 saturated heterocycles. The zero-order chi connectivity index (χ0) is 10.8. The Bertz CT molecular complexity index is 381. The van der Waals surface area contributed by atoms with Crippen molar-refractivity contribution in [1.29, 1.82) is 0 Å². The second kappa shape index (κ2) is 4.24. The predicted molar refractivity (Wildman–Crippen MR) is 64.3 cm³/mol. The number of anilines is 1. The molecule has 1 aliphatic rings. The van der Waals surface area contributed by atoms with E-state index in [4.69, 9.17) is 5.73 Å². The Kier molecular flexibility index (Phi) is 2.98. The van der Waals surface area contributed by atoms with Gasteiger partial charge in [-0.2, -0.15) is 12.6 Å². The van der Waals surface area contributed by atoms with Gasteiger partial charge in [-0.3, -0.25) is 4.79 Å². The first-order valence-corrected chi connectivity index (χ1v) is 5.63. The summed E-state index contributed by atoms with van der Waals surface area (Å²) >= 11 is 4.05. The average molecular weight is 222 g/mol. The summed E-state index contributed by atoms with van der Waals surface area (Å²) in [6.07, 6.45) is 0.918. The van der Waals surface area contributed by atoms with E-state index in [-0.39, 0.29) is 5.91 Å². The maximum absolute atomic E-state index is 11.9. The van der Waals surface area contributed by atoms with Crippen molar-refractivity contribution < 1.29 is 4.79 Å². The highest BCUT2D eigenvalue weighted by Crippen LogP contribution is 2.27. The Labute approximate surface area is 94.7 Å². The summed E-state index contributed by atoms with van der Waals surface area (Å²) in [4.78, 5) is 13.7. The van der Waals surface area contributed by atoms with Gasteiger partial charge in [0, 0.05) is 18.0 Å². The lowest BCUT2D eigenvalue weighted by Crippen LogP contribution is -2.44. The summed E-state index contributed by atoms with van der Waals surface area (Å²) in [5.74, 6) is 0.354. The SMILES string of the molecule is NC(CS)C(=O)N1CCc2ccccc21. The first kappa shape index (κ1) is 10.5. The monoisotopic (exact) mass is 222 g/mol. The van der Waals surface area contributed by atoms with Gasteiger partial charge in [-0.1, -0.05) is 18.2 Å². The van der Waals surface area contributed by atoms with Crippen LogP contribution in [0.3, 0.4) is 0 Å². The van der Waals surface area contributed by atoms with Crippen molar-refractivity contribution in [2.75, 3.05) is 17.2 Å². The first-order valence-electron chi connectivity index (χ1n) is 4.99. The Hall–Kier alpha value is -1.00. The predicted octanol–water partition coefficient (Wildman–Crippen LogP) is 0.833. The molecule has 0 fully saturated rings. The van der Waals surface area contributed by atoms with Crippen molar-refractivity contribution in [3.8, 4) is 0 Å². The molecule has 1 aliphatic heterocycles. The van der Waals surface area contributed by atoms with Crippen molar-refractivity contribution in [2.24, 2.45) is 5.73 Å². The highest BCUT2D eigenvalue weighted by atomic mass is 32.1. The van der Waals surface area contributed by atoms with E-state index >= 15 is 0 Å². The molecule has 15 heavy (non-hydrogen) atoms. The van der Waals surface area contributed by atoms with Crippen LogP contribution in [-0.2, 0) is 11.2 Å². The minimum absolute atomic E-state index is 0.0325. The average Bonchev–Trinajstić information content (AvgIpc) is 2.70. The number of fused-ring (bicyclic) bond motifs is 1. The molecule has 0 saturated carbocycles. The summed E-state index contributed by atoms with van der Waals surface area (Å²) in [6.45, 7) is 0.736. The van der Waals surface area contributed by atoms with Gasteiger partial charge < -0.3 is 10.6 Å². The maximum Gasteiger partial charge on any atom is 0.244 e. The van der Waals surface area contributed by atoms with Crippen LogP contribution in [-0.4, -0.2) is 24.2 Å². The molecule has 3 nitrogen and oxygen atoms in total. The molecule has 2 rings (SSSR count). The molecule has 1 unspecified atom stereocenters. The van der Waals surface area contributed by atoms with Crippen LogP contribution >= 0.6 is 12.6 Å². The van der Waals surface area contributed by atoms with Crippen molar-refractivity contribution in [2.45, 2.75) is 12.5 Å². The molecule has 80 valence electrons. The molecule has 1 amide bonds. The Morgan fingerprint density at radius 1 is 1.53 bits per heavy atom. The van der Waals surface area contributed by atoms with E-state index in [0.717, 1.165) is 18.7 Å². The van der Waals surface area contributed by atoms with E-state index in [0.29, 0.717) is 5.75 Å². The van der Waals surface area contributed by atoms with Crippen LogP contribution < -0.4 is 10.6 Å².